The Hall–Kier alpha value is -1.46. The fourth-order valence-electron chi connectivity index (χ4n) is 1.64. The second kappa shape index (κ2) is 5.25. The monoisotopic (exact) mass is 256 g/mol. The molecule has 1 unspecified atom stereocenters. The predicted molar refractivity (Wildman–Crippen MR) is 63.8 cm³/mol. The van der Waals surface area contributed by atoms with Crippen LogP contribution in [0.2, 0.25) is 5.02 Å². The molecule has 1 aromatic carbocycles. The van der Waals surface area contributed by atoms with Crippen LogP contribution in [0.15, 0.2) is 23.4 Å². The van der Waals surface area contributed by atoms with E-state index in [4.69, 9.17) is 32.0 Å². The first kappa shape index (κ1) is 12.0. The van der Waals surface area contributed by atoms with E-state index >= 15 is 0 Å². The largest absolute Gasteiger partial charge is 0.487 e. The van der Waals surface area contributed by atoms with Gasteiger partial charge in [-0.2, -0.15) is 0 Å². The van der Waals surface area contributed by atoms with E-state index in [2.05, 4.69) is 5.16 Å². The van der Waals surface area contributed by atoms with Gasteiger partial charge in [0.2, 0.25) is 0 Å². The molecule has 0 aromatic heterocycles. The Bertz CT molecular complexity index is 431. The fraction of sp³-hybridized carbons (Fsp3) is 0.364. The molecule has 0 spiro atoms. The van der Waals surface area contributed by atoms with Gasteiger partial charge >= 0.3 is 0 Å². The molecule has 0 radical (unpaired) electrons. The molecule has 1 atom stereocenters. The minimum Gasteiger partial charge on any atom is -0.487 e. The minimum absolute atomic E-state index is 0.00131. The van der Waals surface area contributed by atoms with Crippen molar-refractivity contribution in [3.63, 3.8) is 0 Å². The van der Waals surface area contributed by atoms with E-state index in [1.807, 2.05) is 0 Å². The summed E-state index contributed by atoms with van der Waals surface area (Å²) in [5.41, 5.74) is 6.05. The number of nitrogens with zero attached hydrogens (tertiary/aromatic N) is 1. The molecule has 1 heterocycles. The van der Waals surface area contributed by atoms with Gasteiger partial charge in [-0.3, -0.25) is 0 Å². The third-order valence-corrected chi connectivity index (χ3v) is 2.74. The number of nitrogens with two attached hydrogens (primary N) is 1. The third kappa shape index (κ3) is 2.81. The van der Waals surface area contributed by atoms with Crippen molar-refractivity contribution in [3.05, 3.63) is 28.8 Å². The second-order valence-corrected chi connectivity index (χ2v) is 4.17. The molecular weight excluding hydrogens is 244 g/mol. The van der Waals surface area contributed by atoms with E-state index < -0.39 is 0 Å². The molecule has 0 saturated carbocycles. The average molecular weight is 257 g/mol. The van der Waals surface area contributed by atoms with Gasteiger partial charge in [0.25, 0.3) is 0 Å². The van der Waals surface area contributed by atoms with E-state index in [0.29, 0.717) is 29.5 Å². The zero-order valence-electron chi connectivity index (χ0n) is 9.10. The van der Waals surface area contributed by atoms with Crippen LogP contribution in [0.5, 0.6) is 5.75 Å². The summed E-state index contributed by atoms with van der Waals surface area (Å²) in [6.07, 6.45) is 0.833. The van der Waals surface area contributed by atoms with Crippen LogP contribution in [0.4, 0.5) is 0 Å². The van der Waals surface area contributed by atoms with E-state index in [1.54, 1.807) is 18.2 Å². The van der Waals surface area contributed by atoms with E-state index in [1.165, 1.54) is 0 Å². The van der Waals surface area contributed by atoms with Gasteiger partial charge < -0.3 is 20.4 Å². The summed E-state index contributed by atoms with van der Waals surface area (Å²) in [5, 5.41) is 12.2. The first-order valence-corrected chi connectivity index (χ1v) is 5.60. The smallest absolute Gasteiger partial charge is 0.173 e. The molecule has 1 fully saturated rings. The summed E-state index contributed by atoms with van der Waals surface area (Å²) >= 11 is 5.86. The first-order chi connectivity index (χ1) is 8.20. The van der Waals surface area contributed by atoms with Crippen molar-refractivity contribution in [1.82, 2.24) is 0 Å². The number of oxime groups is 1. The van der Waals surface area contributed by atoms with Gasteiger partial charge in [-0.05, 0) is 18.2 Å². The Kier molecular flexibility index (Phi) is 3.71. The van der Waals surface area contributed by atoms with Crippen LogP contribution >= 0.6 is 11.6 Å². The van der Waals surface area contributed by atoms with E-state index in [-0.39, 0.29) is 11.9 Å². The highest BCUT2D eigenvalue weighted by Gasteiger charge is 2.19. The standard InChI is InChI=1S/C11H13ClN2O3/c12-7-1-2-10(9(5-7)11(13)14-15)17-8-3-4-16-6-8/h1-2,5,8,15H,3-4,6H2,(H2,13,14). The lowest BCUT2D eigenvalue weighted by atomic mass is 10.2. The van der Waals surface area contributed by atoms with Crippen molar-refractivity contribution in [2.24, 2.45) is 10.9 Å². The summed E-state index contributed by atoms with van der Waals surface area (Å²) < 4.78 is 10.9. The number of ether oxygens (including phenoxy) is 2. The van der Waals surface area contributed by atoms with Crippen LogP contribution in [0.3, 0.4) is 0 Å². The SMILES string of the molecule is NC(=NO)c1cc(Cl)ccc1OC1CCOC1. The summed E-state index contributed by atoms with van der Waals surface area (Å²) in [6.45, 7) is 1.25. The molecule has 2 rings (SSSR count). The lowest BCUT2D eigenvalue weighted by Gasteiger charge is -2.15. The molecule has 0 amide bonds. The lowest BCUT2D eigenvalue weighted by molar-refractivity contribution is 0.141. The van der Waals surface area contributed by atoms with E-state index in [9.17, 15) is 0 Å². The predicted octanol–water partition coefficient (Wildman–Crippen LogP) is 1.60. The van der Waals surface area contributed by atoms with Crippen LogP contribution in [0.1, 0.15) is 12.0 Å². The molecule has 1 saturated heterocycles. The molecule has 5 nitrogen and oxygen atoms in total. The zero-order chi connectivity index (χ0) is 12.3. The van der Waals surface area contributed by atoms with Crippen molar-refractivity contribution in [1.29, 1.82) is 0 Å². The number of hydrogen-bond donors (Lipinski definition) is 2. The number of halogens is 1. The number of rotatable bonds is 3. The maximum atomic E-state index is 8.70. The molecule has 3 N–H and O–H groups in total. The van der Waals surface area contributed by atoms with Crippen LogP contribution in [0, 0.1) is 0 Å². The maximum Gasteiger partial charge on any atom is 0.173 e. The van der Waals surface area contributed by atoms with Crippen LogP contribution in [-0.4, -0.2) is 30.4 Å². The van der Waals surface area contributed by atoms with Crippen molar-refractivity contribution >= 4 is 17.4 Å². The summed E-state index contributed by atoms with van der Waals surface area (Å²) in [7, 11) is 0. The van der Waals surface area contributed by atoms with Gasteiger partial charge in [-0.15, -0.1) is 0 Å². The first-order valence-electron chi connectivity index (χ1n) is 5.22. The Balaban J connectivity index is 2.25. The van der Waals surface area contributed by atoms with Gasteiger partial charge in [0.1, 0.15) is 11.9 Å². The highest BCUT2D eigenvalue weighted by molar-refractivity contribution is 6.31. The normalized spacial score (nSPS) is 20.5. The topological polar surface area (TPSA) is 77.1 Å². The van der Waals surface area contributed by atoms with Crippen LogP contribution in [-0.2, 0) is 4.74 Å². The van der Waals surface area contributed by atoms with Crippen molar-refractivity contribution in [2.75, 3.05) is 13.2 Å². The van der Waals surface area contributed by atoms with Crippen LogP contribution in [0.25, 0.3) is 0 Å². The highest BCUT2D eigenvalue weighted by Crippen LogP contribution is 2.25. The molecule has 0 aliphatic carbocycles. The Labute approximate surface area is 104 Å². The van der Waals surface area contributed by atoms with Gasteiger partial charge in [0.05, 0.1) is 18.8 Å². The van der Waals surface area contributed by atoms with Gasteiger partial charge in [-0.25, -0.2) is 0 Å². The van der Waals surface area contributed by atoms with Gasteiger partial charge in [-0.1, -0.05) is 16.8 Å². The number of benzene rings is 1. The maximum absolute atomic E-state index is 8.70. The second-order valence-electron chi connectivity index (χ2n) is 3.73. The van der Waals surface area contributed by atoms with Gasteiger partial charge in [0.15, 0.2) is 5.84 Å². The Morgan fingerprint density at radius 3 is 3.06 bits per heavy atom. The molecule has 92 valence electrons. The zero-order valence-corrected chi connectivity index (χ0v) is 9.85. The lowest BCUT2D eigenvalue weighted by Crippen LogP contribution is -2.20. The molecular formula is C11H13ClN2O3. The molecule has 1 aliphatic rings. The molecule has 6 heteroatoms. The number of amidine groups is 1. The molecule has 1 aliphatic heterocycles. The van der Waals surface area contributed by atoms with Crippen molar-refractivity contribution < 1.29 is 14.7 Å². The molecule has 17 heavy (non-hydrogen) atoms. The molecule has 0 bridgehead atoms. The Morgan fingerprint density at radius 2 is 2.41 bits per heavy atom. The summed E-state index contributed by atoms with van der Waals surface area (Å²) in [5.74, 6) is 0.515. The van der Waals surface area contributed by atoms with Crippen LogP contribution < -0.4 is 10.5 Å². The highest BCUT2D eigenvalue weighted by atomic mass is 35.5. The van der Waals surface area contributed by atoms with Gasteiger partial charge in [0, 0.05) is 11.4 Å². The number of hydrogen-bond acceptors (Lipinski definition) is 4. The summed E-state index contributed by atoms with van der Waals surface area (Å²) in [4.78, 5) is 0. The minimum atomic E-state index is -0.0265. The Morgan fingerprint density at radius 1 is 1.59 bits per heavy atom. The molecule has 1 aromatic rings. The third-order valence-electron chi connectivity index (χ3n) is 2.51. The fourth-order valence-corrected chi connectivity index (χ4v) is 1.82. The van der Waals surface area contributed by atoms with Crippen molar-refractivity contribution in [3.8, 4) is 5.75 Å². The van der Waals surface area contributed by atoms with Crippen molar-refractivity contribution in [2.45, 2.75) is 12.5 Å². The summed E-state index contributed by atoms with van der Waals surface area (Å²) in [6, 6.07) is 5.00. The van der Waals surface area contributed by atoms with E-state index in [0.717, 1.165) is 6.42 Å². The quantitative estimate of drug-likeness (QED) is 0.373. The average Bonchev–Trinajstić information content (AvgIpc) is 2.83.